The van der Waals surface area contributed by atoms with E-state index in [0.29, 0.717) is 10.8 Å². The highest BCUT2D eigenvalue weighted by Crippen LogP contribution is 2.32. The molecular formula is C18H12O2. The fraction of sp³-hybridized carbons (Fsp3) is 0.111. The summed E-state index contributed by atoms with van der Waals surface area (Å²) in [6.07, 6.45) is 0. The van der Waals surface area contributed by atoms with Crippen LogP contribution >= 0.6 is 0 Å². The minimum Gasteiger partial charge on any atom is -0.285 e. The monoisotopic (exact) mass is 260 g/mol. The number of rotatable bonds is 0. The van der Waals surface area contributed by atoms with Crippen molar-refractivity contribution in [3.63, 3.8) is 0 Å². The predicted molar refractivity (Wildman–Crippen MR) is 83.3 cm³/mol. The first-order valence-electron chi connectivity index (χ1n) is 6.63. The van der Waals surface area contributed by atoms with Gasteiger partial charge in [-0.25, -0.2) is 0 Å². The summed E-state index contributed by atoms with van der Waals surface area (Å²) < 4.78 is 0. The Balaban J connectivity index is 2.54. The van der Waals surface area contributed by atoms with E-state index in [4.69, 9.17) is 0 Å². The van der Waals surface area contributed by atoms with Crippen molar-refractivity contribution in [3.05, 3.63) is 68.0 Å². The fourth-order valence-corrected chi connectivity index (χ4v) is 3.23. The van der Waals surface area contributed by atoms with Crippen molar-refractivity contribution in [2.24, 2.45) is 0 Å². The second-order valence-electron chi connectivity index (χ2n) is 5.54. The summed E-state index contributed by atoms with van der Waals surface area (Å²) in [4.78, 5) is 24.7. The molecule has 0 aliphatic heterocycles. The van der Waals surface area contributed by atoms with E-state index in [-0.39, 0.29) is 10.9 Å². The van der Waals surface area contributed by atoms with Gasteiger partial charge in [-0.05, 0) is 47.9 Å². The molecule has 4 rings (SSSR count). The van der Waals surface area contributed by atoms with E-state index in [0.717, 1.165) is 32.7 Å². The first-order valence-corrected chi connectivity index (χ1v) is 6.63. The second kappa shape index (κ2) is 3.54. The first kappa shape index (κ1) is 11.4. The van der Waals surface area contributed by atoms with Gasteiger partial charge in [0.05, 0.1) is 0 Å². The number of benzene rings is 4. The smallest absolute Gasteiger partial charge is 0.234 e. The van der Waals surface area contributed by atoms with E-state index in [1.165, 1.54) is 0 Å². The molecule has 96 valence electrons. The molecule has 2 nitrogen and oxygen atoms in total. The summed E-state index contributed by atoms with van der Waals surface area (Å²) >= 11 is 0. The van der Waals surface area contributed by atoms with E-state index >= 15 is 0 Å². The maximum absolute atomic E-state index is 12.4. The third-order valence-corrected chi connectivity index (χ3v) is 4.01. The molecule has 0 fully saturated rings. The van der Waals surface area contributed by atoms with Crippen molar-refractivity contribution in [2.75, 3.05) is 0 Å². The Bertz CT molecular complexity index is 1000. The summed E-state index contributed by atoms with van der Waals surface area (Å²) in [6, 6.07) is 11.8. The highest BCUT2D eigenvalue weighted by molar-refractivity contribution is 6.23. The van der Waals surface area contributed by atoms with Gasteiger partial charge in [-0.15, -0.1) is 0 Å². The van der Waals surface area contributed by atoms with Crippen LogP contribution in [-0.4, -0.2) is 0 Å². The Kier molecular flexibility index (Phi) is 2.01. The lowest BCUT2D eigenvalue weighted by Crippen LogP contribution is -2.24. The van der Waals surface area contributed by atoms with E-state index in [9.17, 15) is 9.59 Å². The van der Waals surface area contributed by atoms with Crippen molar-refractivity contribution in [3.8, 4) is 0 Å². The topological polar surface area (TPSA) is 34.1 Å². The van der Waals surface area contributed by atoms with E-state index < -0.39 is 0 Å². The van der Waals surface area contributed by atoms with Gasteiger partial charge in [0.15, 0.2) is 0 Å². The van der Waals surface area contributed by atoms with Crippen molar-refractivity contribution in [1.82, 2.24) is 0 Å². The lowest BCUT2D eigenvalue weighted by Gasteiger charge is -2.11. The molecule has 0 spiro atoms. The summed E-state index contributed by atoms with van der Waals surface area (Å²) in [7, 11) is 0. The van der Waals surface area contributed by atoms with Gasteiger partial charge in [-0.2, -0.15) is 0 Å². The third-order valence-electron chi connectivity index (χ3n) is 4.01. The van der Waals surface area contributed by atoms with Crippen LogP contribution in [0.3, 0.4) is 0 Å². The maximum Gasteiger partial charge on any atom is 0.234 e. The lowest BCUT2D eigenvalue weighted by atomic mass is 9.91. The third kappa shape index (κ3) is 1.28. The number of hydrogen-bond donors (Lipinski definition) is 0. The molecule has 0 bridgehead atoms. The Morgan fingerprint density at radius 1 is 0.650 bits per heavy atom. The van der Waals surface area contributed by atoms with Crippen LogP contribution in [-0.2, 0) is 0 Å². The van der Waals surface area contributed by atoms with Crippen LogP contribution in [0.5, 0.6) is 0 Å². The van der Waals surface area contributed by atoms with Gasteiger partial charge in [-0.3, -0.25) is 9.59 Å². The van der Waals surface area contributed by atoms with Gasteiger partial charge in [0.25, 0.3) is 0 Å². The normalized spacial score (nSPS) is 11.9. The van der Waals surface area contributed by atoms with Crippen molar-refractivity contribution < 1.29 is 0 Å². The van der Waals surface area contributed by atoms with Crippen molar-refractivity contribution >= 4 is 32.3 Å². The molecule has 4 aromatic rings. The van der Waals surface area contributed by atoms with Crippen molar-refractivity contribution in [1.29, 1.82) is 0 Å². The Labute approximate surface area is 115 Å². The number of aryl methyl sites for hydroxylation is 2. The maximum atomic E-state index is 12.4. The first-order chi connectivity index (χ1) is 9.56. The van der Waals surface area contributed by atoms with Gasteiger partial charge in [0.2, 0.25) is 10.9 Å². The van der Waals surface area contributed by atoms with Crippen LogP contribution in [0.25, 0.3) is 32.3 Å². The van der Waals surface area contributed by atoms with E-state index in [2.05, 4.69) is 12.1 Å². The minimum atomic E-state index is -0.385. The van der Waals surface area contributed by atoms with E-state index in [1.54, 1.807) is 0 Å². The van der Waals surface area contributed by atoms with E-state index in [1.807, 2.05) is 38.1 Å². The summed E-state index contributed by atoms with van der Waals surface area (Å²) in [5.74, 6) is 0. The standard InChI is InChI=1S/C18H12O2/c1-9-5-11-3-4-12-6-10(2)8-14-16(12)15(11)13(7-9)17(19)18(14)20/h3-8H,1-2H3. The molecule has 0 radical (unpaired) electrons. The SMILES string of the molecule is Cc1cc2ccc3cc(C)cc4c(=O)c(=O)c(c1)c2c34. The zero-order valence-electron chi connectivity index (χ0n) is 11.3. The lowest BCUT2D eigenvalue weighted by molar-refractivity contribution is 1.48. The largest absolute Gasteiger partial charge is 0.285 e. The summed E-state index contributed by atoms with van der Waals surface area (Å²) in [6.45, 7) is 3.89. The molecule has 0 amide bonds. The fourth-order valence-electron chi connectivity index (χ4n) is 3.23. The van der Waals surface area contributed by atoms with Crippen LogP contribution in [0.15, 0.2) is 46.0 Å². The molecule has 0 aliphatic rings. The Morgan fingerprint density at radius 2 is 1.05 bits per heavy atom. The highest BCUT2D eigenvalue weighted by Gasteiger charge is 2.15. The Morgan fingerprint density at radius 3 is 1.45 bits per heavy atom. The molecule has 20 heavy (non-hydrogen) atoms. The molecule has 0 heterocycles. The molecule has 0 saturated carbocycles. The van der Waals surface area contributed by atoms with Crippen LogP contribution in [0.1, 0.15) is 11.1 Å². The van der Waals surface area contributed by atoms with Crippen LogP contribution in [0.2, 0.25) is 0 Å². The summed E-state index contributed by atoms with van der Waals surface area (Å²) in [5.41, 5.74) is 1.24. The van der Waals surface area contributed by atoms with Crippen molar-refractivity contribution in [2.45, 2.75) is 13.8 Å². The van der Waals surface area contributed by atoms with Crippen LogP contribution in [0, 0.1) is 13.8 Å². The summed E-state index contributed by atoms with van der Waals surface area (Å²) in [5, 5.41) is 5.00. The molecular weight excluding hydrogens is 248 g/mol. The zero-order chi connectivity index (χ0) is 14.0. The molecule has 0 N–H and O–H groups in total. The average molecular weight is 260 g/mol. The van der Waals surface area contributed by atoms with Gasteiger partial charge < -0.3 is 0 Å². The molecule has 0 atom stereocenters. The predicted octanol–water partition coefficient (Wildman–Crippen LogP) is 3.36. The highest BCUT2D eigenvalue weighted by atomic mass is 16.2. The minimum absolute atomic E-state index is 0.385. The zero-order valence-corrected chi connectivity index (χ0v) is 11.3. The quantitative estimate of drug-likeness (QED) is 0.359. The van der Waals surface area contributed by atoms with Gasteiger partial charge in [0, 0.05) is 21.5 Å². The molecule has 0 saturated heterocycles. The Hall–Kier alpha value is -2.48. The average Bonchev–Trinajstić information content (AvgIpc) is 2.42. The second-order valence-corrected chi connectivity index (χ2v) is 5.54. The van der Waals surface area contributed by atoms with Gasteiger partial charge >= 0.3 is 0 Å². The molecule has 2 heteroatoms. The number of hydrogen-bond acceptors (Lipinski definition) is 2. The van der Waals surface area contributed by atoms with Gasteiger partial charge in [0.1, 0.15) is 0 Å². The molecule has 0 aliphatic carbocycles. The van der Waals surface area contributed by atoms with Gasteiger partial charge in [-0.1, -0.05) is 24.3 Å². The molecule has 4 aromatic carbocycles. The van der Waals surface area contributed by atoms with Crippen LogP contribution in [0.4, 0.5) is 0 Å². The van der Waals surface area contributed by atoms with Crippen LogP contribution < -0.4 is 10.9 Å². The molecule has 0 unspecified atom stereocenters. The molecule has 0 aromatic heterocycles.